The van der Waals surface area contributed by atoms with Crippen LogP contribution in [0.15, 0.2) is 24.3 Å². The van der Waals surface area contributed by atoms with Gasteiger partial charge in [-0.3, -0.25) is 0 Å². The highest BCUT2D eigenvalue weighted by molar-refractivity contribution is 5.31. The Labute approximate surface area is 114 Å². The van der Waals surface area contributed by atoms with Gasteiger partial charge in [0.25, 0.3) is 0 Å². The van der Waals surface area contributed by atoms with E-state index in [1.165, 1.54) is 0 Å². The first-order valence-electron chi connectivity index (χ1n) is 7.00. The fraction of sp³-hybridized carbons (Fsp3) is 0.600. The van der Waals surface area contributed by atoms with Gasteiger partial charge in [-0.2, -0.15) is 0 Å². The van der Waals surface area contributed by atoms with Gasteiger partial charge in [-0.05, 0) is 49.9 Å². The van der Waals surface area contributed by atoms with Crippen molar-refractivity contribution >= 4 is 0 Å². The first kappa shape index (κ1) is 14.2. The minimum atomic E-state index is -0.106. The SMILES string of the molecule is OCCCCOc1ccc(OC2CCCCO2)cc1. The summed E-state index contributed by atoms with van der Waals surface area (Å²) in [4.78, 5) is 0. The van der Waals surface area contributed by atoms with Gasteiger partial charge in [0, 0.05) is 13.0 Å². The summed E-state index contributed by atoms with van der Waals surface area (Å²) in [5.41, 5.74) is 0. The van der Waals surface area contributed by atoms with Gasteiger partial charge in [-0.25, -0.2) is 0 Å². The summed E-state index contributed by atoms with van der Waals surface area (Å²) in [5.74, 6) is 1.64. The second-order valence-electron chi connectivity index (χ2n) is 4.66. The maximum atomic E-state index is 8.67. The molecule has 0 saturated carbocycles. The number of aliphatic hydroxyl groups excluding tert-OH is 1. The van der Waals surface area contributed by atoms with E-state index in [-0.39, 0.29) is 12.9 Å². The molecule has 1 saturated heterocycles. The molecular formula is C15H22O4. The normalized spacial score (nSPS) is 19.1. The number of ether oxygens (including phenoxy) is 3. The molecule has 2 rings (SSSR count). The van der Waals surface area contributed by atoms with Gasteiger partial charge in [0.05, 0.1) is 13.2 Å². The van der Waals surface area contributed by atoms with Crippen LogP contribution in [-0.4, -0.2) is 31.2 Å². The van der Waals surface area contributed by atoms with Crippen LogP contribution in [0, 0.1) is 0 Å². The summed E-state index contributed by atoms with van der Waals surface area (Å²) in [6, 6.07) is 7.60. The van der Waals surface area contributed by atoms with Crippen molar-refractivity contribution in [2.45, 2.75) is 38.4 Å². The first-order valence-corrected chi connectivity index (χ1v) is 7.00. The molecule has 0 aliphatic carbocycles. The molecule has 1 aromatic rings. The number of aliphatic hydroxyl groups is 1. The van der Waals surface area contributed by atoms with Crippen LogP contribution in [-0.2, 0) is 4.74 Å². The number of hydrogen-bond donors (Lipinski definition) is 1. The summed E-state index contributed by atoms with van der Waals surface area (Å²) in [7, 11) is 0. The Hall–Kier alpha value is -1.26. The molecule has 0 radical (unpaired) electrons. The molecule has 0 aromatic heterocycles. The van der Waals surface area contributed by atoms with Gasteiger partial charge in [0.1, 0.15) is 11.5 Å². The van der Waals surface area contributed by atoms with E-state index >= 15 is 0 Å². The molecule has 1 fully saturated rings. The molecule has 1 N–H and O–H groups in total. The van der Waals surface area contributed by atoms with E-state index < -0.39 is 0 Å². The van der Waals surface area contributed by atoms with Gasteiger partial charge in [-0.15, -0.1) is 0 Å². The van der Waals surface area contributed by atoms with Crippen molar-refractivity contribution < 1.29 is 19.3 Å². The molecule has 1 aliphatic rings. The Morgan fingerprint density at radius 2 is 1.89 bits per heavy atom. The van der Waals surface area contributed by atoms with Crippen molar-refractivity contribution in [3.63, 3.8) is 0 Å². The highest BCUT2D eigenvalue weighted by Crippen LogP contribution is 2.22. The lowest BCUT2D eigenvalue weighted by Gasteiger charge is -2.23. The lowest BCUT2D eigenvalue weighted by atomic mass is 10.2. The quantitative estimate of drug-likeness (QED) is 0.771. The maximum Gasteiger partial charge on any atom is 0.199 e. The monoisotopic (exact) mass is 266 g/mol. The minimum Gasteiger partial charge on any atom is -0.494 e. The summed E-state index contributed by atoms with van der Waals surface area (Å²) in [6.07, 6.45) is 4.78. The van der Waals surface area contributed by atoms with E-state index in [4.69, 9.17) is 19.3 Å². The van der Waals surface area contributed by atoms with Crippen molar-refractivity contribution in [1.82, 2.24) is 0 Å². The molecule has 1 aliphatic heterocycles. The molecular weight excluding hydrogens is 244 g/mol. The average molecular weight is 266 g/mol. The summed E-state index contributed by atoms with van der Waals surface area (Å²) >= 11 is 0. The van der Waals surface area contributed by atoms with Crippen LogP contribution in [0.2, 0.25) is 0 Å². The Kier molecular flexibility index (Phi) is 5.98. The molecule has 0 amide bonds. The largest absolute Gasteiger partial charge is 0.494 e. The van der Waals surface area contributed by atoms with Crippen molar-refractivity contribution in [3.05, 3.63) is 24.3 Å². The van der Waals surface area contributed by atoms with Crippen LogP contribution < -0.4 is 9.47 Å². The fourth-order valence-corrected chi connectivity index (χ4v) is 1.97. The van der Waals surface area contributed by atoms with E-state index in [9.17, 15) is 0 Å². The smallest absolute Gasteiger partial charge is 0.199 e. The lowest BCUT2D eigenvalue weighted by Crippen LogP contribution is -2.24. The van der Waals surface area contributed by atoms with Crippen molar-refractivity contribution in [1.29, 1.82) is 0 Å². The molecule has 1 heterocycles. The predicted molar refractivity (Wildman–Crippen MR) is 72.5 cm³/mol. The van der Waals surface area contributed by atoms with E-state index in [2.05, 4.69) is 0 Å². The van der Waals surface area contributed by atoms with Gasteiger partial charge in [0.2, 0.25) is 0 Å². The molecule has 4 nitrogen and oxygen atoms in total. The predicted octanol–water partition coefficient (Wildman–Crippen LogP) is 2.74. The van der Waals surface area contributed by atoms with Gasteiger partial charge in [0.15, 0.2) is 6.29 Å². The molecule has 1 unspecified atom stereocenters. The molecule has 19 heavy (non-hydrogen) atoms. The standard InChI is InChI=1S/C15H22O4/c16-10-2-4-11-17-13-6-8-14(9-7-13)19-15-5-1-3-12-18-15/h6-9,15-16H,1-5,10-12H2. The summed E-state index contributed by atoms with van der Waals surface area (Å²) < 4.78 is 16.8. The zero-order valence-corrected chi connectivity index (χ0v) is 11.2. The lowest BCUT2D eigenvalue weighted by molar-refractivity contribution is -0.105. The van der Waals surface area contributed by atoms with E-state index in [0.29, 0.717) is 6.61 Å². The topological polar surface area (TPSA) is 47.9 Å². The Morgan fingerprint density at radius 1 is 1.11 bits per heavy atom. The van der Waals surface area contributed by atoms with Crippen molar-refractivity contribution in [2.24, 2.45) is 0 Å². The van der Waals surface area contributed by atoms with E-state index in [1.807, 2.05) is 24.3 Å². The van der Waals surface area contributed by atoms with Crippen LogP contribution in [0.25, 0.3) is 0 Å². The Balaban J connectivity index is 1.74. The number of hydrogen-bond acceptors (Lipinski definition) is 4. The van der Waals surface area contributed by atoms with Crippen LogP contribution >= 0.6 is 0 Å². The van der Waals surface area contributed by atoms with Gasteiger partial charge < -0.3 is 19.3 Å². The first-order chi connectivity index (χ1) is 9.38. The molecule has 0 spiro atoms. The fourth-order valence-electron chi connectivity index (χ4n) is 1.97. The van der Waals surface area contributed by atoms with Crippen LogP contribution in [0.5, 0.6) is 11.5 Å². The Morgan fingerprint density at radius 3 is 2.58 bits per heavy atom. The summed E-state index contributed by atoms with van der Waals surface area (Å²) in [6.45, 7) is 1.64. The zero-order chi connectivity index (χ0) is 13.3. The molecule has 4 heteroatoms. The molecule has 1 aromatic carbocycles. The second kappa shape index (κ2) is 8.02. The van der Waals surface area contributed by atoms with Gasteiger partial charge in [-0.1, -0.05) is 0 Å². The van der Waals surface area contributed by atoms with Crippen LogP contribution in [0.4, 0.5) is 0 Å². The maximum absolute atomic E-state index is 8.67. The molecule has 1 atom stereocenters. The Bertz CT molecular complexity index is 344. The van der Waals surface area contributed by atoms with Crippen LogP contribution in [0.3, 0.4) is 0 Å². The summed E-state index contributed by atoms with van der Waals surface area (Å²) in [5, 5.41) is 8.67. The zero-order valence-electron chi connectivity index (χ0n) is 11.2. The van der Waals surface area contributed by atoms with E-state index in [1.54, 1.807) is 0 Å². The van der Waals surface area contributed by atoms with Crippen molar-refractivity contribution in [2.75, 3.05) is 19.8 Å². The van der Waals surface area contributed by atoms with E-state index in [0.717, 1.165) is 50.2 Å². The number of rotatable bonds is 7. The van der Waals surface area contributed by atoms with Crippen LogP contribution in [0.1, 0.15) is 32.1 Å². The third kappa shape index (κ3) is 5.09. The third-order valence-electron chi connectivity index (χ3n) is 3.05. The number of unbranched alkanes of at least 4 members (excludes halogenated alkanes) is 1. The minimum absolute atomic E-state index is 0.106. The second-order valence-corrected chi connectivity index (χ2v) is 4.66. The third-order valence-corrected chi connectivity index (χ3v) is 3.05. The average Bonchev–Trinajstić information content (AvgIpc) is 2.46. The van der Waals surface area contributed by atoms with Crippen molar-refractivity contribution in [3.8, 4) is 11.5 Å². The molecule has 0 bridgehead atoms. The van der Waals surface area contributed by atoms with Gasteiger partial charge >= 0.3 is 0 Å². The highest BCUT2D eigenvalue weighted by atomic mass is 16.7. The molecule has 106 valence electrons. The highest BCUT2D eigenvalue weighted by Gasteiger charge is 2.14. The number of benzene rings is 1.